The molecule has 1 saturated heterocycles. The summed E-state index contributed by atoms with van der Waals surface area (Å²) in [6, 6.07) is 22.5. The predicted octanol–water partition coefficient (Wildman–Crippen LogP) is 4.13. The number of methoxy groups -OCH3 is 1. The van der Waals surface area contributed by atoms with Crippen molar-refractivity contribution < 1.29 is 14.6 Å². The van der Waals surface area contributed by atoms with Gasteiger partial charge in [-0.25, -0.2) is 0 Å². The summed E-state index contributed by atoms with van der Waals surface area (Å²) in [5.41, 5.74) is 3.87. The molecule has 4 rings (SSSR count). The topological polar surface area (TPSA) is 53.0 Å². The van der Waals surface area contributed by atoms with Gasteiger partial charge in [0.05, 0.1) is 12.8 Å². The molecule has 0 spiro atoms. The van der Waals surface area contributed by atoms with Crippen LogP contribution in [0.1, 0.15) is 11.1 Å². The maximum atomic E-state index is 12.6. The molecule has 0 aliphatic carbocycles. The third kappa shape index (κ3) is 3.93. The number of amides is 1. The monoisotopic (exact) mass is 404 g/mol. The SMILES string of the molecule is COc1ccc(N2C(=O)CN(c3ccc(Cc4ccc(O)cc4)cc3)C2=S)cc1. The number of hydrogen-bond acceptors (Lipinski definition) is 4. The van der Waals surface area contributed by atoms with E-state index in [0.29, 0.717) is 5.11 Å². The molecule has 0 saturated carbocycles. The highest BCUT2D eigenvalue weighted by Gasteiger charge is 2.34. The number of carbonyl (C=O) groups is 1. The molecule has 0 unspecified atom stereocenters. The van der Waals surface area contributed by atoms with Gasteiger partial charge >= 0.3 is 0 Å². The quantitative estimate of drug-likeness (QED) is 0.648. The van der Waals surface area contributed by atoms with Crippen molar-refractivity contribution in [2.75, 3.05) is 23.5 Å². The number of carbonyl (C=O) groups excluding carboxylic acids is 1. The van der Waals surface area contributed by atoms with Gasteiger partial charge in [0.15, 0.2) is 5.11 Å². The number of phenolic OH excluding ortho intramolecular Hbond substituents is 1. The first-order valence-electron chi connectivity index (χ1n) is 9.20. The van der Waals surface area contributed by atoms with Gasteiger partial charge in [0.25, 0.3) is 5.91 Å². The summed E-state index contributed by atoms with van der Waals surface area (Å²) in [6.45, 7) is 0.210. The molecule has 0 radical (unpaired) electrons. The van der Waals surface area contributed by atoms with E-state index in [9.17, 15) is 9.90 Å². The Balaban J connectivity index is 1.50. The Hall–Kier alpha value is -3.38. The molecule has 6 heteroatoms. The number of thiocarbonyl (C=S) groups is 1. The fourth-order valence-electron chi connectivity index (χ4n) is 3.33. The van der Waals surface area contributed by atoms with Gasteiger partial charge in [-0.2, -0.15) is 0 Å². The van der Waals surface area contributed by atoms with Crippen LogP contribution in [0.15, 0.2) is 72.8 Å². The highest BCUT2D eigenvalue weighted by atomic mass is 32.1. The van der Waals surface area contributed by atoms with Gasteiger partial charge in [-0.05, 0) is 78.3 Å². The van der Waals surface area contributed by atoms with E-state index in [4.69, 9.17) is 17.0 Å². The van der Waals surface area contributed by atoms with Crippen molar-refractivity contribution in [1.82, 2.24) is 0 Å². The summed E-state index contributed by atoms with van der Waals surface area (Å²) in [4.78, 5) is 16.0. The van der Waals surface area contributed by atoms with E-state index in [0.717, 1.165) is 34.7 Å². The van der Waals surface area contributed by atoms with E-state index in [2.05, 4.69) is 0 Å². The molecule has 1 N–H and O–H groups in total. The number of phenols is 1. The Labute approximate surface area is 174 Å². The molecule has 1 aliphatic heterocycles. The minimum Gasteiger partial charge on any atom is -0.508 e. The average Bonchev–Trinajstić information content (AvgIpc) is 3.04. The summed E-state index contributed by atoms with van der Waals surface area (Å²) < 4.78 is 5.18. The van der Waals surface area contributed by atoms with Crippen molar-refractivity contribution in [3.63, 3.8) is 0 Å². The molecule has 1 aliphatic rings. The number of aromatic hydroxyl groups is 1. The van der Waals surface area contributed by atoms with Gasteiger partial charge in [0.1, 0.15) is 18.0 Å². The molecular weight excluding hydrogens is 384 g/mol. The van der Waals surface area contributed by atoms with Crippen LogP contribution in [-0.4, -0.2) is 29.8 Å². The lowest BCUT2D eigenvalue weighted by Crippen LogP contribution is -2.32. The molecule has 0 atom stereocenters. The summed E-state index contributed by atoms with van der Waals surface area (Å²) in [5.74, 6) is 0.929. The van der Waals surface area contributed by atoms with Crippen molar-refractivity contribution in [3.05, 3.63) is 83.9 Å². The molecule has 1 heterocycles. The number of nitrogens with zero attached hydrogens (tertiary/aromatic N) is 2. The van der Waals surface area contributed by atoms with Crippen LogP contribution < -0.4 is 14.5 Å². The highest BCUT2D eigenvalue weighted by Crippen LogP contribution is 2.28. The van der Waals surface area contributed by atoms with E-state index in [1.54, 1.807) is 24.1 Å². The molecule has 29 heavy (non-hydrogen) atoms. The molecular formula is C23H20N2O3S. The molecule has 1 fully saturated rings. The minimum absolute atomic E-state index is 0.0617. The van der Waals surface area contributed by atoms with Gasteiger partial charge < -0.3 is 14.7 Å². The van der Waals surface area contributed by atoms with Crippen LogP contribution in [0.25, 0.3) is 0 Å². The van der Waals surface area contributed by atoms with Crippen molar-refractivity contribution in [2.45, 2.75) is 6.42 Å². The van der Waals surface area contributed by atoms with Crippen molar-refractivity contribution in [2.24, 2.45) is 0 Å². The lowest BCUT2D eigenvalue weighted by molar-refractivity contribution is -0.115. The standard InChI is InChI=1S/C23H20N2O3S/c1-28-21-12-8-19(9-13-21)25-22(27)15-24(23(25)29)18-6-2-16(3-7-18)14-17-4-10-20(26)11-5-17/h2-13,26H,14-15H2,1H3. The van der Waals surface area contributed by atoms with E-state index >= 15 is 0 Å². The number of benzene rings is 3. The Bertz CT molecular complexity index is 1030. The van der Waals surface area contributed by atoms with Gasteiger partial charge in [0.2, 0.25) is 0 Å². The lowest BCUT2D eigenvalue weighted by atomic mass is 10.0. The Morgan fingerprint density at radius 1 is 0.897 bits per heavy atom. The maximum Gasteiger partial charge on any atom is 0.253 e. The second-order valence-corrected chi connectivity index (χ2v) is 7.17. The van der Waals surface area contributed by atoms with Gasteiger partial charge in [-0.1, -0.05) is 24.3 Å². The normalized spacial score (nSPS) is 13.8. The van der Waals surface area contributed by atoms with E-state index < -0.39 is 0 Å². The zero-order valence-electron chi connectivity index (χ0n) is 15.9. The maximum absolute atomic E-state index is 12.6. The Morgan fingerprint density at radius 2 is 1.45 bits per heavy atom. The van der Waals surface area contributed by atoms with E-state index in [-0.39, 0.29) is 18.2 Å². The molecule has 146 valence electrons. The molecule has 5 nitrogen and oxygen atoms in total. The third-order valence-corrected chi connectivity index (χ3v) is 5.29. The van der Waals surface area contributed by atoms with Crippen LogP contribution in [0, 0.1) is 0 Å². The van der Waals surface area contributed by atoms with Crippen LogP contribution in [0.3, 0.4) is 0 Å². The van der Waals surface area contributed by atoms with Crippen molar-refractivity contribution in [1.29, 1.82) is 0 Å². The smallest absolute Gasteiger partial charge is 0.253 e. The zero-order chi connectivity index (χ0) is 20.4. The predicted molar refractivity (Wildman–Crippen MR) is 118 cm³/mol. The lowest BCUT2D eigenvalue weighted by Gasteiger charge is -2.20. The molecule has 0 bridgehead atoms. The summed E-state index contributed by atoms with van der Waals surface area (Å²) in [5, 5.41) is 9.87. The summed E-state index contributed by atoms with van der Waals surface area (Å²) in [6.07, 6.45) is 0.766. The first kappa shape index (κ1) is 19.0. The highest BCUT2D eigenvalue weighted by molar-refractivity contribution is 7.81. The van der Waals surface area contributed by atoms with E-state index in [1.807, 2.05) is 65.6 Å². The van der Waals surface area contributed by atoms with Crippen LogP contribution in [0.2, 0.25) is 0 Å². The zero-order valence-corrected chi connectivity index (χ0v) is 16.7. The second-order valence-electron chi connectivity index (χ2n) is 6.81. The average molecular weight is 404 g/mol. The third-order valence-electron chi connectivity index (χ3n) is 4.89. The number of hydrogen-bond donors (Lipinski definition) is 1. The van der Waals surface area contributed by atoms with Crippen molar-refractivity contribution >= 4 is 34.6 Å². The number of ether oxygens (including phenoxy) is 1. The van der Waals surface area contributed by atoms with Gasteiger partial charge in [0, 0.05) is 5.69 Å². The molecule has 3 aromatic carbocycles. The van der Waals surface area contributed by atoms with Gasteiger partial charge in [-0.15, -0.1) is 0 Å². The van der Waals surface area contributed by atoms with Crippen LogP contribution in [0.5, 0.6) is 11.5 Å². The van der Waals surface area contributed by atoms with Crippen LogP contribution >= 0.6 is 12.2 Å². The number of anilines is 2. The number of rotatable bonds is 5. The molecule has 1 amide bonds. The second kappa shape index (κ2) is 7.93. The molecule has 0 aromatic heterocycles. The summed E-state index contributed by atoms with van der Waals surface area (Å²) >= 11 is 5.59. The first-order chi connectivity index (χ1) is 14.0. The summed E-state index contributed by atoms with van der Waals surface area (Å²) in [7, 11) is 1.60. The largest absolute Gasteiger partial charge is 0.508 e. The van der Waals surface area contributed by atoms with Crippen LogP contribution in [0.4, 0.5) is 11.4 Å². The van der Waals surface area contributed by atoms with E-state index in [1.165, 1.54) is 0 Å². The fourth-order valence-corrected chi connectivity index (χ4v) is 3.71. The van der Waals surface area contributed by atoms with Gasteiger partial charge in [-0.3, -0.25) is 9.69 Å². The Kier molecular flexibility index (Phi) is 5.18. The Morgan fingerprint density at radius 3 is 2.03 bits per heavy atom. The van der Waals surface area contributed by atoms with Crippen molar-refractivity contribution in [3.8, 4) is 11.5 Å². The first-order valence-corrected chi connectivity index (χ1v) is 9.61. The van der Waals surface area contributed by atoms with Crippen LogP contribution in [-0.2, 0) is 11.2 Å². The molecule has 3 aromatic rings. The fraction of sp³-hybridized carbons (Fsp3) is 0.130. The minimum atomic E-state index is -0.0617.